The van der Waals surface area contributed by atoms with E-state index in [4.69, 9.17) is 9.72 Å². The fourth-order valence-corrected chi connectivity index (χ4v) is 3.41. The highest BCUT2D eigenvalue weighted by atomic mass is 16.5. The normalized spacial score (nSPS) is 19.4. The molecule has 0 saturated carbocycles. The molecule has 1 atom stereocenters. The fraction of sp³-hybridized carbons (Fsp3) is 0.261. The monoisotopic (exact) mass is 329 g/mol. The maximum atomic E-state index is 6.30. The summed E-state index contributed by atoms with van der Waals surface area (Å²) < 4.78 is 6.30. The second-order valence-corrected chi connectivity index (χ2v) is 7.14. The molecule has 0 amide bonds. The SMILES string of the molecule is CCC1(C)C=c2nc3ccccc3cc2=C(OCc2ccccc2)C1. The number of rotatable bonds is 4. The molecule has 2 heteroatoms. The third-order valence-corrected chi connectivity index (χ3v) is 5.17. The van der Waals surface area contributed by atoms with E-state index in [1.807, 2.05) is 12.1 Å². The van der Waals surface area contributed by atoms with Crippen molar-refractivity contribution >= 4 is 22.7 Å². The Labute approximate surface area is 148 Å². The molecule has 1 heterocycles. The first-order valence-electron chi connectivity index (χ1n) is 8.95. The number of hydrogen-bond donors (Lipinski definition) is 0. The number of ether oxygens (including phenoxy) is 1. The lowest BCUT2D eigenvalue weighted by atomic mass is 9.80. The van der Waals surface area contributed by atoms with Gasteiger partial charge >= 0.3 is 0 Å². The van der Waals surface area contributed by atoms with Crippen LogP contribution in [0.1, 0.15) is 32.3 Å². The van der Waals surface area contributed by atoms with E-state index in [-0.39, 0.29) is 5.41 Å². The van der Waals surface area contributed by atoms with Gasteiger partial charge < -0.3 is 4.74 Å². The van der Waals surface area contributed by atoms with Crippen molar-refractivity contribution in [1.82, 2.24) is 4.98 Å². The van der Waals surface area contributed by atoms with Crippen molar-refractivity contribution in [2.24, 2.45) is 5.41 Å². The van der Waals surface area contributed by atoms with Gasteiger partial charge in [0.05, 0.1) is 10.9 Å². The summed E-state index contributed by atoms with van der Waals surface area (Å²) in [5.74, 6) is 1.06. The molecular formula is C23H23NO. The van der Waals surface area contributed by atoms with Gasteiger partial charge in [-0.2, -0.15) is 0 Å². The molecule has 0 fully saturated rings. The van der Waals surface area contributed by atoms with E-state index < -0.39 is 0 Å². The zero-order valence-corrected chi connectivity index (χ0v) is 14.8. The maximum absolute atomic E-state index is 6.30. The van der Waals surface area contributed by atoms with Crippen LogP contribution in [0.15, 0.2) is 60.7 Å². The van der Waals surface area contributed by atoms with Crippen molar-refractivity contribution in [3.63, 3.8) is 0 Å². The third-order valence-electron chi connectivity index (χ3n) is 5.17. The number of pyridine rings is 1. The predicted octanol–water partition coefficient (Wildman–Crippen LogP) is 4.16. The highest BCUT2D eigenvalue weighted by molar-refractivity contribution is 5.79. The van der Waals surface area contributed by atoms with Crippen molar-refractivity contribution < 1.29 is 4.74 Å². The van der Waals surface area contributed by atoms with Gasteiger partial charge in [-0.3, -0.25) is 0 Å². The van der Waals surface area contributed by atoms with Crippen LogP contribution in [0.3, 0.4) is 0 Å². The van der Waals surface area contributed by atoms with Crippen LogP contribution in [0.5, 0.6) is 0 Å². The van der Waals surface area contributed by atoms with Crippen LogP contribution < -0.4 is 10.6 Å². The highest BCUT2D eigenvalue weighted by Gasteiger charge is 2.26. The Morgan fingerprint density at radius 3 is 2.60 bits per heavy atom. The van der Waals surface area contributed by atoms with E-state index in [2.05, 4.69) is 68.5 Å². The minimum atomic E-state index is 0.0917. The summed E-state index contributed by atoms with van der Waals surface area (Å²) in [5, 5.41) is 3.36. The van der Waals surface area contributed by atoms with E-state index in [1.54, 1.807) is 0 Å². The Bertz CT molecular complexity index is 1020. The lowest BCUT2D eigenvalue weighted by Gasteiger charge is -2.28. The predicted molar refractivity (Wildman–Crippen MR) is 103 cm³/mol. The smallest absolute Gasteiger partial charge is 0.113 e. The molecule has 0 spiro atoms. The molecule has 25 heavy (non-hydrogen) atoms. The summed E-state index contributed by atoms with van der Waals surface area (Å²) >= 11 is 0. The molecule has 0 radical (unpaired) electrons. The van der Waals surface area contributed by atoms with Gasteiger partial charge in [-0.05, 0) is 29.5 Å². The Hall–Kier alpha value is -2.61. The third kappa shape index (κ3) is 3.17. The Morgan fingerprint density at radius 1 is 1.04 bits per heavy atom. The maximum Gasteiger partial charge on any atom is 0.113 e. The molecule has 0 N–H and O–H groups in total. The summed E-state index contributed by atoms with van der Waals surface area (Å²) in [6.45, 7) is 5.12. The van der Waals surface area contributed by atoms with Crippen molar-refractivity contribution in [2.45, 2.75) is 33.3 Å². The van der Waals surface area contributed by atoms with Gasteiger partial charge in [-0.25, -0.2) is 4.98 Å². The van der Waals surface area contributed by atoms with Crippen LogP contribution in [-0.4, -0.2) is 4.98 Å². The van der Waals surface area contributed by atoms with Gasteiger partial charge in [-0.15, -0.1) is 0 Å². The molecular weight excluding hydrogens is 306 g/mol. The Morgan fingerprint density at radius 2 is 1.80 bits per heavy atom. The summed E-state index contributed by atoms with van der Waals surface area (Å²) in [5.41, 5.74) is 2.33. The van der Waals surface area contributed by atoms with Crippen molar-refractivity contribution in [1.29, 1.82) is 0 Å². The van der Waals surface area contributed by atoms with Gasteiger partial charge in [0.1, 0.15) is 12.4 Å². The molecule has 126 valence electrons. The van der Waals surface area contributed by atoms with Crippen molar-refractivity contribution in [3.05, 3.63) is 76.8 Å². The van der Waals surface area contributed by atoms with Crippen LogP contribution in [0, 0.1) is 5.41 Å². The Kier molecular flexibility index (Phi) is 4.04. The highest BCUT2D eigenvalue weighted by Crippen LogP contribution is 2.33. The Balaban J connectivity index is 1.83. The first kappa shape index (κ1) is 15.9. The fourth-order valence-electron chi connectivity index (χ4n) is 3.41. The lowest BCUT2D eigenvalue weighted by Crippen LogP contribution is -2.38. The first-order valence-corrected chi connectivity index (χ1v) is 8.95. The van der Waals surface area contributed by atoms with E-state index in [0.29, 0.717) is 6.61 Å². The minimum Gasteiger partial charge on any atom is -0.493 e. The first-order chi connectivity index (χ1) is 12.2. The molecule has 4 rings (SSSR count). The van der Waals surface area contributed by atoms with Crippen LogP contribution in [0.25, 0.3) is 22.7 Å². The average Bonchev–Trinajstić information content (AvgIpc) is 2.65. The van der Waals surface area contributed by atoms with Crippen molar-refractivity contribution in [3.8, 4) is 0 Å². The van der Waals surface area contributed by atoms with Gasteiger partial charge in [0.2, 0.25) is 0 Å². The van der Waals surface area contributed by atoms with Crippen molar-refractivity contribution in [2.75, 3.05) is 0 Å². The second-order valence-electron chi connectivity index (χ2n) is 7.14. The molecule has 0 aliphatic heterocycles. The number of hydrogen-bond acceptors (Lipinski definition) is 2. The summed E-state index contributed by atoms with van der Waals surface area (Å²) in [7, 11) is 0. The van der Waals surface area contributed by atoms with E-state index in [0.717, 1.165) is 40.1 Å². The largest absolute Gasteiger partial charge is 0.493 e. The van der Waals surface area contributed by atoms with Crippen LogP contribution >= 0.6 is 0 Å². The standard InChI is InChI=1S/C23H23NO/c1-3-23(2)14-21-19(13-18-11-7-8-12-20(18)24-21)22(15-23)25-16-17-9-5-4-6-10-17/h4-14H,3,15-16H2,1-2H3. The van der Waals surface area contributed by atoms with Crippen LogP contribution in [0.4, 0.5) is 0 Å². The number of aromatic nitrogens is 1. The van der Waals surface area contributed by atoms with E-state index in [1.165, 1.54) is 5.56 Å². The zero-order valence-electron chi connectivity index (χ0n) is 14.8. The molecule has 1 aromatic heterocycles. The minimum absolute atomic E-state index is 0.0917. The number of benzene rings is 2. The van der Waals surface area contributed by atoms with Gasteiger partial charge in [0, 0.05) is 17.0 Å². The number of para-hydroxylation sites is 1. The van der Waals surface area contributed by atoms with Gasteiger partial charge in [0.25, 0.3) is 0 Å². The van der Waals surface area contributed by atoms with Gasteiger partial charge in [0.15, 0.2) is 0 Å². The molecule has 0 bridgehead atoms. The molecule has 0 saturated heterocycles. The average molecular weight is 329 g/mol. The quantitative estimate of drug-likeness (QED) is 0.717. The zero-order chi connectivity index (χ0) is 17.3. The second kappa shape index (κ2) is 6.36. The van der Waals surface area contributed by atoms with Crippen LogP contribution in [-0.2, 0) is 11.3 Å². The number of fused-ring (bicyclic) bond motifs is 2. The van der Waals surface area contributed by atoms with E-state index in [9.17, 15) is 0 Å². The molecule has 1 aliphatic rings. The summed E-state index contributed by atoms with van der Waals surface area (Å²) in [6, 6.07) is 20.9. The molecule has 3 aromatic rings. The topological polar surface area (TPSA) is 22.1 Å². The van der Waals surface area contributed by atoms with E-state index >= 15 is 0 Å². The molecule has 2 aromatic carbocycles. The number of nitrogens with zero attached hydrogens (tertiary/aromatic N) is 1. The molecule has 1 unspecified atom stereocenters. The molecule has 1 aliphatic carbocycles. The van der Waals surface area contributed by atoms with Crippen LogP contribution in [0.2, 0.25) is 0 Å². The lowest BCUT2D eigenvalue weighted by molar-refractivity contribution is 0.230. The summed E-state index contributed by atoms with van der Waals surface area (Å²) in [4.78, 5) is 4.91. The summed E-state index contributed by atoms with van der Waals surface area (Å²) in [6.07, 6.45) is 4.31. The van der Waals surface area contributed by atoms with Gasteiger partial charge in [-0.1, -0.05) is 68.5 Å². The molecule has 2 nitrogen and oxygen atoms in total.